The maximum absolute atomic E-state index is 5.76. The van der Waals surface area contributed by atoms with Crippen molar-refractivity contribution in [2.24, 2.45) is 0 Å². The summed E-state index contributed by atoms with van der Waals surface area (Å²) in [7, 11) is 0. The van der Waals surface area contributed by atoms with E-state index in [1.807, 2.05) is 37.3 Å². The first-order valence-corrected chi connectivity index (χ1v) is 3.89. The van der Waals surface area contributed by atoms with Crippen LogP contribution in [0.3, 0.4) is 0 Å². The average Bonchev–Trinajstić information content (AvgIpc) is 2.07. The van der Waals surface area contributed by atoms with Crippen LogP contribution in [0.5, 0.6) is 0 Å². The molecule has 0 aliphatic rings. The summed E-state index contributed by atoms with van der Waals surface area (Å²) < 4.78 is 0. The van der Waals surface area contributed by atoms with E-state index in [4.69, 9.17) is 6.92 Å². The van der Waals surface area contributed by atoms with E-state index in [9.17, 15) is 0 Å². The maximum Gasteiger partial charge on any atom is 0.0740 e. The standard InChI is InChI=1S/C11H9N/c1-8-4-3-5-10-7-6-9(2)12-11(8)10/h1,3-7H,2H3. The molecule has 0 spiro atoms. The number of pyridine rings is 1. The molecule has 0 atom stereocenters. The highest BCUT2D eigenvalue weighted by molar-refractivity contribution is 5.82. The molecular formula is C11H9N. The van der Waals surface area contributed by atoms with Gasteiger partial charge in [-0.2, -0.15) is 0 Å². The molecule has 2 aromatic rings. The van der Waals surface area contributed by atoms with Gasteiger partial charge in [-0.3, -0.25) is 4.98 Å². The minimum atomic E-state index is 0.746. The topological polar surface area (TPSA) is 12.9 Å². The number of aryl methyl sites for hydroxylation is 1. The van der Waals surface area contributed by atoms with Crippen molar-refractivity contribution in [1.29, 1.82) is 0 Å². The third-order valence-corrected chi connectivity index (χ3v) is 1.89. The monoisotopic (exact) mass is 155 g/mol. The maximum atomic E-state index is 5.76. The van der Waals surface area contributed by atoms with Gasteiger partial charge in [-0.25, -0.2) is 0 Å². The number of hydrogen-bond acceptors (Lipinski definition) is 1. The summed E-state index contributed by atoms with van der Waals surface area (Å²) in [5.74, 6) is 0. The molecule has 0 saturated heterocycles. The Labute approximate surface area is 72.1 Å². The van der Waals surface area contributed by atoms with Crippen LogP contribution in [0, 0.1) is 13.8 Å². The molecule has 58 valence electrons. The molecule has 0 bridgehead atoms. The van der Waals surface area contributed by atoms with Crippen LogP contribution in [0.4, 0.5) is 0 Å². The van der Waals surface area contributed by atoms with E-state index in [1.165, 1.54) is 0 Å². The minimum absolute atomic E-state index is 0.746. The largest absolute Gasteiger partial charge is 0.253 e. The number of benzene rings is 1. The Morgan fingerprint density at radius 1 is 1.17 bits per heavy atom. The van der Waals surface area contributed by atoms with Crippen molar-refractivity contribution in [2.75, 3.05) is 0 Å². The molecule has 1 aromatic carbocycles. The van der Waals surface area contributed by atoms with Crippen LogP contribution in [0.1, 0.15) is 11.3 Å². The van der Waals surface area contributed by atoms with Gasteiger partial charge in [0.15, 0.2) is 0 Å². The highest BCUT2D eigenvalue weighted by atomic mass is 14.7. The van der Waals surface area contributed by atoms with E-state index in [0.717, 1.165) is 22.2 Å². The van der Waals surface area contributed by atoms with Crippen molar-refractivity contribution in [3.05, 3.63) is 48.5 Å². The normalized spacial score (nSPS) is 10.5. The zero-order valence-electron chi connectivity index (χ0n) is 6.91. The summed E-state index contributed by atoms with van der Waals surface area (Å²) in [5, 5.41) is 1.10. The van der Waals surface area contributed by atoms with Gasteiger partial charge in [-0.05, 0) is 18.6 Å². The Kier molecular flexibility index (Phi) is 1.58. The molecule has 1 nitrogen and oxygen atoms in total. The van der Waals surface area contributed by atoms with Crippen molar-refractivity contribution < 1.29 is 0 Å². The first-order chi connectivity index (χ1) is 5.77. The Morgan fingerprint density at radius 3 is 2.83 bits per heavy atom. The predicted molar refractivity (Wildman–Crippen MR) is 49.9 cm³/mol. The summed E-state index contributed by atoms with van der Waals surface area (Å²) in [6, 6.07) is 9.84. The van der Waals surface area contributed by atoms with Gasteiger partial charge in [-0.1, -0.05) is 24.3 Å². The molecule has 2 rings (SSSR count). The summed E-state index contributed by atoms with van der Waals surface area (Å²) in [5.41, 5.74) is 2.65. The van der Waals surface area contributed by atoms with Crippen LogP contribution in [-0.4, -0.2) is 4.98 Å². The molecular weight excluding hydrogens is 146 g/mol. The predicted octanol–water partition coefficient (Wildman–Crippen LogP) is 2.60. The third kappa shape index (κ3) is 1.07. The van der Waals surface area contributed by atoms with Crippen molar-refractivity contribution >= 4 is 10.9 Å². The zero-order chi connectivity index (χ0) is 8.55. The van der Waals surface area contributed by atoms with Gasteiger partial charge in [-0.15, -0.1) is 0 Å². The molecule has 0 saturated carbocycles. The number of aromatic nitrogens is 1. The third-order valence-electron chi connectivity index (χ3n) is 1.89. The summed E-state index contributed by atoms with van der Waals surface area (Å²) >= 11 is 0. The van der Waals surface area contributed by atoms with Crippen LogP contribution in [-0.2, 0) is 0 Å². The zero-order valence-corrected chi connectivity index (χ0v) is 6.91. The highest BCUT2D eigenvalue weighted by Gasteiger charge is 1.96. The number of para-hydroxylation sites is 1. The second-order valence-corrected chi connectivity index (χ2v) is 2.87. The fourth-order valence-corrected chi connectivity index (χ4v) is 1.27. The van der Waals surface area contributed by atoms with E-state index in [0.29, 0.717) is 0 Å². The van der Waals surface area contributed by atoms with E-state index >= 15 is 0 Å². The smallest absolute Gasteiger partial charge is 0.0740 e. The van der Waals surface area contributed by atoms with Gasteiger partial charge in [0, 0.05) is 18.0 Å². The molecule has 0 fully saturated rings. The lowest BCUT2D eigenvalue weighted by molar-refractivity contribution is 1.25. The molecule has 0 unspecified atom stereocenters. The number of nitrogens with zero attached hydrogens (tertiary/aromatic N) is 1. The number of hydrogen-bond donors (Lipinski definition) is 0. The summed E-state index contributed by atoms with van der Waals surface area (Å²) in [6.45, 7) is 7.73. The van der Waals surface area contributed by atoms with Crippen LogP contribution in [0.25, 0.3) is 10.9 Å². The first kappa shape index (κ1) is 7.29. The fraction of sp³-hybridized carbons (Fsp3) is 0.0909. The van der Waals surface area contributed by atoms with Gasteiger partial charge in [0.2, 0.25) is 0 Å². The van der Waals surface area contributed by atoms with Gasteiger partial charge in [0.05, 0.1) is 5.52 Å². The van der Waals surface area contributed by atoms with Gasteiger partial charge < -0.3 is 0 Å². The molecule has 12 heavy (non-hydrogen) atoms. The number of rotatable bonds is 0. The van der Waals surface area contributed by atoms with Crippen LogP contribution < -0.4 is 0 Å². The van der Waals surface area contributed by atoms with Crippen molar-refractivity contribution in [1.82, 2.24) is 4.98 Å². The lowest BCUT2D eigenvalue weighted by atomic mass is 10.1. The quantitative estimate of drug-likeness (QED) is 0.569. The van der Waals surface area contributed by atoms with Gasteiger partial charge in [0.1, 0.15) is 0 Å². The van der Waals surface area contributed by atoms with Crippen molar-refractivity contribution in [3.8, 4) is 0 Å². The molecule has 1 heteroatoms. The number of fused-ring (bicyclic) bond motifs is 1. The van der Waals surface area contributed by atoms with E-state index < -0.39 is 0 Å². The second kappa shape index (κ2) is 2.59. The Morgan fingerprint density at radius 2 is 2.00 bits per heavy atom. The lowest BCUT2D eigenvalue weighted by Gasteiger charge is -2.00. The Balaban J connectivity index is 2.88. The second-order valence-electron chi connectivity index (χ2n) is 2.87. The molecule has 0 aliphatic carbocycles. The summed E-state index contributed by atoms with van der Waals surface area (Å²) in [4.78, 5) is 4.35. The van der Waals surface area contributed by atoms with Crippen LogP contribution >= 0.6 is 0 Å². The van der Waals surface area contributed by atoms with Crippen LogP contribution in [0.15, 0.2) is 30.3 Å². The molecule has 1 aromatic heterocycles. The van der Waals surface area contributed by atoms with E-state index in [-0.39, 0.29) is 0 Å². The first-order valence-electron chi connectivity index (χ1n) is 3.89. The molecule has 0 N–H and O–H groups in total. The molecule has 2 radical (unpaired) electrons. The highest BCUT2D eigenvalue weighted by Crippen LogP contribution is 2.15. The van der Waals surface area contributed by atoms with E-state index in [2.05, 4.69) is 4.98 Å². The Bertz CT molecular complexity index is 418. The molecule has 0 aliphatic heterocycles. The fourth-order valence-electron chi connectivity index (χ4n) is 1.27. The average molecular weight is 155 g/mol. The molecule has 1 heterocycles. The molecule has 0 amide bonds. The minimum Gasteiger partial charge on any atom is -0.253 e. The van der Waals surface area contributed by atoms with Crippen molar-refractivity contribution in [3.63, 3.8) is 0 Å². The van der Waals surface area contributed by atoms with Gasteiger partial charge >= 0.3 is 0 Å². The summed E-state index contributed by atoms with van der Waals surface area (Å²) in [6.07, 6.45) is 0. The van der Waals surface area contributed by atoms with Crippen LogP contribution in [0.2, 0.25) is 0 Å². The van der Waals surface area contributed by atoms with Crippen molar-refractivity contribution in [2.45, 2.75) is 6.92 Å². The Hall–Kier alpha value is -1.37. The SMILES string of the molecule is [CH]c1cccc2ccc(C)nc12. The van der Waals surface area contributed by atoms with E-state index in [1.54, 1.807) is 0 Å². The lowest BCUT2D eigenvalue weighted by Crippen LogP contribution is -1.85. The van der Waals surface area contributed by atoms with Gasteiger partial charge in [0.25, 0.3) is 0 Å².